The van der Waals surface area contributed by atoms with Crippen LogP contribution in [-0.2, 0) is 4.79 Å². The molecule has 0 radical (unpaired) electrons. The molecule has 0 aliphatic carbocycles. The fourth-order valence-corrected chi connectivity index (χ4v) is 2.56. The molecular weight excluding hydrogens is 352 g/mol. The lowest BCUT2D eigenvalue weighted by atomic mass is 10.2. The Morgan fingerprint density at radius 2 is 2.18 bits per heavy atom. The molecule has 7 heteroatoms. The van der Waals surface area contributed by atoms with Crippen molar-refractivity contribution in [1.82, 2.24) is 0 Å². The van der Waals surface area contributed by atoms with Crippen LogP contribution in [0.25, 0.3) is 0 Å². The lowest BCUT2D eigenvalue weighted by Crippen LogP contribution is -2.38. The van der Waals surface area contributed by atoms with Crippen molar-refractivity contribution < 1.29 is 18.7 Å². The number of hydrogen-bond donors (Lipinski definition) is 1. The Morgan fingerprint density at radius 1 is 1.36 bits per heavy atom. The zero-order valence-electron chi connectivity index (χ0n) is 11.8. The van der Waals surface area contributed by atoms with Gasteiger partial charge in [-0.1, -0.05) is 0 Å². The molecule has 0 saturated heterocycles. The number of furan rings is 1. The highest BCUT2D eigenvalue weighted by atomic mass is 79.9. The summed E-state index contributed by atoms with van der Waals surface area (Å²) in [4.78, 5) is 25.5. The van der Waals surface area contributed by atoms with Crippen molar-refractivity contribution in [2.75, 3.05) is 23.4 Å². The Labute approximate surface area is 135 Å². The van der Waals surface area contributed by atoms with Crippen LogP contribution in [0.5, 0.6) is 5.75 Å². The molecule has 1 aromatic carbocycles. The zero-order chi connectivity index (χ0) is 15.7. The van der Waals surface area contributed by atoms with Crippen molar-refractivity contribution in [2.24, 2.45) is 0 Å². The Hall–Kier alpha value is -2.28. The van der Waals surface area contributed by atoms with E-state index < -0.39 is 0 Å². The summed E-state index contributed by atoms with van der Waals surface area (Å²) in [6, 6.07) is 8.39. The van der Waals surface area contributed by atoms with Crippen LogP contribution >= 0.6 is 15.9 Å². The molecule has 1 aliphatic rings. The van der Waals surface area contributed by atoms with E-state index in [4.69, 9.17) is 9.15 Å². The van der Waals surface area contributed by atoms with E-state index in [1.165, 1.54) is 0 Å². The van der Waals surface area contributed by atoms with E-state index in [2.05, 4.69) is 21.2 Å². The molecule has 0 atom stereocenters. The van der Waals surface area contributed by atoms with Gasteiger partial charge in [-0.05, 0) is 53.2 Å². The number of anilines is 2. The Bertz CT molecular complexity index is 741. The number of ether oxygens (including phenoxy) is 1. The number of carbonyl (C=O) groups excluding carboxylic acids is 2. The second kappa shape index (κ2) is 5.84. The number of likely N-dealkylation sites (N-methyl/N-ethyl adjacent to an activating group) is 1. The van der Waals surface area contributed by atoms with Crippen LogP contribution < -0.4 is 15.0 Å². The molecule has 6 nitrogen and oxygen atoms in total. The minimum atomic E-state index is -0.364. The number of nitrogens with one attached hydrogen (secondary N) is 1. The topological polar surface area (TPSA) is 71.8 Å². The van der Waals surface area contributed by atoms with E-state index in [9.17, 15) is 9.59 Å². The molecular formula is C15H13BrN2O4. The van der Waals surface area contributed by atoms with Gasteiger partial charge in [-0.2, -0.15) is 0 Å². The summed E-state index contributed by atoms with van der Waals surface area (Å²) in [7, 11) is 0. The highest BCUT2D eigenvalue weighted by molar-refractivity contribution is 9.10. The zero-order valence-corrected chi connectivity index (χ0v) is 13.3. The van der Waals surface area contributed by atoms with Crippen LogP contribution in [0.3, 0.4) is 0 Å². The maximum Gasteiger partial charge on any atom is 0.291 e. The summed E-state index contributed by atoms with van der Waals surface area (Å²) in [5.41, 5.74) is 1.21. The van der Waals surface area contributed by atoms with Crippen LogP contribution in [0.4, 0.5) is 11.4 Å². The number of fused-ring (bicyclic) bond motifs is 1. The predicted octanol–water partition coefficient (Wildman–Crippen LogP) is 3.04. The van der Waals surface area contributed by atoms with Crippen molar-refractivity contribution >= 4 is 39.1 Å². The molecule has 2 aromatic rings. The van der Waals surface area contributed by atoms with Gasteiger partial charge in [0.05, 0.1) is 5.69 Å². The van der Waals surface area contributed by atoms with Gasteiger partial charge in [0, 0.05) is 12.2 Å². The third kappa shape index (κ3) is 2.71. The van der Waals surface area contributed by atoms with Crippen molar-refractivity contribution in [1.29, 1.82) is 0 Å². The van der Waals surface area contributed by atoms with Gasteiger partial charge in [0.2, 0.25) is 0 Å². The monoisotopic (exact) mass is 364 g/mol. The molecule has 0 fully saturated rings. The van der Waals surface area contributed by atoms with Gasteiger partial charge in [0.25, 0.3) is 11.8 Å². The first-order valence-electron chi connectivity index (χ1n) is 6.72. The standard InChI is InChI=1S/C15H13BrN2O4/c1-2-18-10-7-9(3-4-11(10)21-8-14(18)19)17-15(20)12-5-6-13(16)22-12/h3-7H,2,8H2,1H3,(H,17,20). The maximum absolute atomic E-state index is 12.1. The molecule has 2 heterocycles. The highest BCUT2D eigenvalue weighted by Gasteiger charge is 2.24. The third-order valence-electron chi connectivity index (χ3n) is 3.27. The first-order chi connectivity index (χ1) is 10.6. The Kier molecular flexibility index (Phi) is 3.89. The highest BCUT2D eigenvalue weighted by Crippen LogP contribution is 2.34. The summed E-state index contributed by atoms with van der Waals surface area (Å²) in [5.74, 6) is 0.356. The number of nitrogens with zero attached hydrogens (tertiary/aromatic N) is 1. The molecule has 2 amide bonds. The van der Waals surface area contributed by atoms with Crippen molar-refractivity contribution in [3.63, 3.8) is 0 Å². The minimum absolute atomic E-state index is 0.0347. The number of hydrogen-bond acceptors (Lipinski definition) is 4. The van der Waals surface area contributed by atoms with Crippen LogP contribution in [0, 0.1) is 0 Å². The van der Waals surface area contributed by atoms with Gasteiger partial charge in [0.1, 0.15) is 5.75 Å². The summed E-state index contributed by atoms with van der Waals surface area (Å²) >= 11 is 3.15. The largest absolute Gasteiger partial charge is 0.482 e. The maximum atomic E-state index is 12.1. The number of benzene rings is 1. The normalized spacial score (nSPS) is 13.5. The molecule has 1 N–H and O–H groups in total. The van der Waals surface area contributed by atoms with Gasteiger partial charge in [-0.15, -0.1) is 0 Å². The van der Waals surface area contributed by atoms with Gasteiger partial charge in [-0.3, -0.25) is 9.59 Å². The quantitative estimate of drug-likeness (QED) is 0.908. The predicted molar refractivity (Wildman–Crippen MR) is 84.3 cm³/mol. The number of amides is 2. The van der Waals surface area contributed by atoms with Gasteiger partial charge >= 0.3 is 0 Å². The van der Waals surface area contributed by atoms with E-state index in [1.807, 2.05) is 6.92 Å². The molecule has 1 aromatic heterocycles. The Balaban J connectivity index is 1.85. The summed E-state index contributed by atoms with van der Waals surface area (Å²) in [6.07, 6.45) is 0. The lowest BCUT2D eigenvalue weighted by molar-refractivity contribution is -0.121. The summed E-state index contributed by atoms with van der Waals surface area (Å²) < 4.78 is 11.1. The van der Waals surface area contributed by atoms with E-state index in [0.717, 1.165) is 0 Å². The van der Waals surface area contributed by atoms with Crippen molar-refractivity contribution in [2.45, 2.75) is 6.92 Å². The van der Waals surface area contributed by atoms with Crippen molar-refractivity contribution in [3.05, 3.63) is 40.8 Å². The van der Waals surface area contributed by atoms with E-state index in [0.29, 0.717) is 28.3 Å². The third-order valence-corrected chi connectivity index (χ3v) is 3.70. The number of halogens is 1. The van der Waals surface area contributed by atoms with E-state index in [1.54, 1.807) is 35.2 Å². The van der Waals surface area contributed by atoms with E-state index in [-0.39, 0.29) is 24.2 Å². The van der Waals surface area contributed by atoms with Gasteiger partial charge in [-0.25, -0.2) is 0 Å². The first-order valence-corrected chi connectivity index (χ1v) is 7.51. The molecule has 0 bridgehead atoms. The minimum Gasteiger partial charge on any atom is -0.482 e. The molecule has 22 heavy (non-hydrogen) atoms. The van der Waals surface area contributed by atoms with Crippen LogP contribution in [0.2, 0.25) is 0 Å². The molecule has 1 aliphatic heterocycles. The second-order valence-electron chi connectivity index (χ2n) is 4.67. The molecule has 0 saturated carbocycles. The van der Waals surface area contributed by atoms with Gasteiger partial charge in [0.15, 0.2) is 17.0 Å². The smallest absolute Gasteiger partial charge is 0.291 e. The second-order valence-corrected chi connectivity index (χ2v) is 5.45. The lowest BCUT2D eigenvalue weighted by Gasteiger charge is -2.28. The van der Waals surface area contributed by atoms with E-state index >= 15 is 0 Å². The van der Waals surface area contributed by atoms with Crippen LogP contribution in [0.15, 0.2) is 39.4 Å². The Morgan fingerprint density at radius 3 is 2.86 bits per heavy atom. The number of carbonyl (C=O) groups is 2. The fraction of sp³-hybridized carbons (Fsp3) is 0.200. The van der Waals surface area contributed by atoms with Gasteiger partial charge < -0.3 is 19.4 Å². The van der Waals surface area contributed by atoms with Crippen LogP contribution in [-0.4, -0.2) is 25.0 Å². The SMILES string of the molecule is CCN1C(=O)COc2ccc(NC(=O)c3ccc(Br)o3)cc21. The molecule has 0 spiro atoms. The fourth-order valence-electron chi connectivity index (χ4n) is 2.26. The summed E-state index contributed by atoms with van der Waals surface area (Å²) in [6.45, 7) is 2.46. The summed E-state index contributed by atoms with van der Waals surface area (Å²) in [5, 5.41) is 2.73. The van der Waals surface area contributed by atoms with Crippen LogP contribution in [0.1, 0.15) is 17.5 Å². The average molecular weight is 365 g/mol. The molecule has 0 unspecified atom stereocenters. The number of rotatable bonds is 3. The molecule has 3 rings (SSSR count). The average Bonchev–Trinajstić information content (AvgIpc) is 2.94. The molecule has 114 valence electrons. The van der Waals surface area contributed by atoms with Crippen molar-refractivity contribution in [3.8, 4) is 5.75 Å². The first kappa shape index (κ1) is 14.6.